The molecule has 1 aliphatic rings. The predicted molar refractivity (Wildman–Crippen MR) is 76.1 cm³/mol. The zero-order valence-electron chi connectivity index (χ0n) is 11.1. The van der Waals surface area contributed by atoms with E-state index in [9.17, 15) is 4.79 Å². The van der Waals surface area contributed by atoms with Crippen LogP contribution in [0.15, 0.2) is 24.3 Å². The molecule has 1 aromatic carbocycles. The van der Waals surface area contributed by atoms with Gasteiger partial charge in [0, 0.05) is 37.6 Å². The van der Waals surface area contributed by atoms with Crippen LogP contribution in [0.5, 0.6) is 0 Å². The van der Waals surface area contributed by atoms with E-state index in [0.717, 1.165) is 44.6 Å². The highest BCUT2D eigenvalue weighted by molar-refractivity contribution is 5.94. The van der Waals surface area contributed by atoms with E-state index in [0.29, 0.717) is 5.69 Å². The molecular formula is C14H21N3O2. The molecule has 1 aromatic rings. The number of aliphatic hydroxyl groups excluding tert-OH is 1. The van der Waals surface area contributed by atoms with Crippen LogP contribution in [-0.4, -0.2) is 42.3 Å². The molecule has 0 aromatic heterocycles. The number of carbonyl (C=O) groups is 1. The molecule has 1 heterocycles. The fourth-order valence-corrected chi connectivity index (χ4v) is 2.28. The van der Waals surface area contributed by atoms with Crippen molar-refractivity contribution in [2.45, 2.75) is 19.3 Å². The van der Waals surface area contributed by atoms with Gasteiger partial charge in [-0.2, -0.15) is 0 Å². The summed E-state index contributed by atoms with van der Waals surface area (Å²) in [5.41, 5.74) is 7.25. The highest BCUT2D eigenvalue weighted by Crippen LogP contribution is 2.21. The Labute approximate surface area is 113 Å². The van der Waals surface area contributed by atoms with Gasteiger partial charge in [0.25, 0.3) is 0 Å². The summed E-state index contributed by atoms with van der Waals surface area (Å²) in [6.45, 7) is 2.49. The Hall–Kier alpha value is -1.75. The standard InChI is InChI=1S/C14H21N3O2/c15-12-4-6-13(7-5-12)17-10-9-16(14(17)19)8-2-1-3-11-18/h4-7,18H,1-3,8-11,15H2. The molecule has 19 heavy (non-hydrogen) atoms. The Balaban J connectivity index is 1.88. The number of anilines is 2. The zero-order chi connectivity index (χ0) is 13.7. The van der Waals surface area contributed by atoms with Crippen molar-refractivity contribution in [1.82, 2.24) is 4.90 Å². The quantitative estimate of drug-likeness (QED) is 0.606. The largest absolute Gasteiger partial charge is 0.399 e. The molecule has 1 saturated heterocycles. The topological polar surface area (TPSA) is 69.8 Å². The normalized spacial score (nSPS) is 15.3. The number of nitrogens with two attached hydrogens (primary N) is 1. The lowest BCUT2D eigenvalue weighted by molar-refractivity contribution is 0.218. The number of urea groups is 1. The molecule has 0 unspecified atom stereocenters. The van der Waals surface area contributed by atoms with Gasteiger partial charge >= 0.3 is 6.03 Å². The monoisotopic (exact) mass is 263 g/mol. The molecule has 5 heteroatoms. The molecule has 0 atom stereocenters. The summed E-state index contributed by atoms with van der Waals surface area (Å²) in [5.74, 6) is 0. The summed E-state index contributed by atoms with van der Waals surface area (Å²) in [4.78, 5) is 15.9. The van der Waals surface area contributed by atoms with Crippen molar-refractivity contribution in [3.05, 3.63) is 24.3 Å². The molecular weight excluding hydrogens is 242 g/mol. The van der Waals surface area contributed by atoms with E-state index in [1.807, 2.05) is 29.2 Å². The second-order valence-corrected chi connectivity index (χ2v) is 4.80. The van der Waals surface area contributed by atoms with Crippen LogP contribution in [0.25, 0.3) is 0 Å². The molecule has 1 fully saturated rings. The lowest BCUT2D eigenvalue weighted by atomic mass is 10.2. The Morgan fingerprint density at radius 1 is 1.11 bits per heavy atom. The number of hydrogen-bond acceptors (Lipinski definition) is 3. The second kappa shape index (κ2) is 6.43. The van der Waals surface area contributed by atoms with E-state index in [2.05, 4.69) is 0 Å². The smallest absolute Gasteiger partial charge is 0.324 e. The van der Waals surface area contributed by atoms with Crippen LogP contribution in [-0.2, 0) is 0 Å². The van der Waals surface area contributed by atoms with Gasteiger partial charge in [-0.05, 0) is 43.5 Å². The molecule has 2 rings (SSSR count). The summed E-state index contributed by atoms with van der Waals surface area (Å²) in [5, 5.41) is 8.72. The van der Waals surface area contributed by atoms with Gasteiger partial charge < -0.3 is 15.7 Å². The van der Waals surface area contributed by atoms with E-state index in [4.69, 9.17) is 10.8 Å². The average Bonchev–Trinajstić information content (AvgIpc) is 2.77. The van der Waals surface area contributed by atoms with Crippen molar-refractivity contribution in [2.75, 3.05) is 36.9 Å². The number of aliphatic hydroxyl groups is 1. The molecule has 0 saturated carbocycles. The number of nitrogens with zero attached hydrogens (tertiary/aromatic N) is 2. The number of carbonyl (C=O) groups excluding carboxylic acids is 1. The molecule has 104 valence electrons. The molecule has 5 nitrogen and oxygen atoms in total. The van der Waals surface area contributed by atoms with Crippen molar-refractivity contribution in [1.29, 1.82) is 0 Å². The van der Waals surface area contributed by atoms with E-state index < -0.39 is 0 Å². The van der Waals surface area contributed by atoms with Crippen LogP contribution in [0.3, 0.4) is 0 Å². The van der Waals surface area contributed by atoms with Gasteiger partial charge in [-0.15, -0.1) is 0 Å². The fourth-order valence-electron chi connectivity index (χ4n) is 2.28. The fraction of sp³-hybridized carbons (Fsp3) is 0.500. The first kappa shape index (κ1) is 13.7. The number of rotatable bonds is 6. The van der Waals surface area contributed by atoms with Crippen molar-refractivity contribution in [3.8, 4) is 0 Å². The highest BCUT2D eigenvalue weighted by Gasteiger charge is 2.28. The SMILES string of the molecule is Nc1ccc(N2CCN(CCCCCO)C2=O)cc1. The minimum atomic E-state index is 0.0637. The molecule has 0 bridgehead atoms. The number of unbranched alkanes of at least 4 members (excludes halogenated alkanes) is 2. The van der Waals surface area contributed by atoms with Crippen LogP contribution >= 0.6 is 0 Å². The van der Waals surface area contributed by atoms with Gasteiger partial charge in [0.1, 0.15) is 0 Å². The third-order valence-electron chi connectivity index (χ3n) is 3.39. The van der Waals surface area contributed by atoms with E-state index in [-0.39, 0.29) is 12.6 Å². The third kappa shape index (κ3) is 3.38. The van der Waals surface area contributed by atoms with E-state index in [1.165, 1.54) is 0 Å². The van der Waals surface area contributed by atoms with E-state index >= 15 is 0 Å². The maximum absolute atomic E-state index is 12.2. The van der Waals surface area contributed by atoms with Crippen LogP contribution in [0.4, 0.5) is 16.2 Å². The first-order valence-electron chi connectivity index (χ1n) is 6.75. The zero-order valence-corrected chi connectivity index (χ0v) is 11.1. The van der Waals surface area contributed by atoms with Gasteiger partial charge in [-0.3, -0.25) is 4.90 Å². The van der Waals surface area contributed by atoms with Crippen molar-refractivity contribution >= 4 is 17.4 Å². The Kier molecular flexibility index (Phi) is 4.63. The van der Waals surface area contributed by atoms with Crippen molar-refractivity contribution < 1.29 is 9.90 Å². The van der Waals surface area contributed by atoms with Crippen LogP contribution in [0.2, 0.25) is 0 Å². The Bertz CT molecular complexity index is 419. The summed E-state index contributed by atoms with van der Waals surface area (Å²) in [7, 11) is 0. The number of amides is 2. The first-order valence-corrected chi connectivity index (χ1v) is 6.75. The highest BCUT2D eigenvalue weighted by atomic mass is 16.3. The van der Waals surface area contributed by atoms with Gasteiger partial charge in [0.2, 0.25) is 0 Å². The predicted octanol–water partition coefficient (Wildman–Crippen LogP) is 1.67. The summed E-state index contributed by atoms with van der Waals surface area (Å²) in [6.07, 6.45) is 2.72. The number of hydrogen-bond donors (Lipinski definition) is 2. The first-order chi connectivity index (χ1) is 9.22. The van der Waals surface area contributed by atoms with Crippen LogP contribution < -0.4 is 10.6 Å². The molecule has 0 spiro atoms. The molecule has 0 aliphatic carbocycles. The minimum Gasteiger partial charge on any atom is -0.399 e. The Morgan fingerprint density at radius 3 is 2.53 bits per heavy atom. The van der Waals surface area contributed by atoms with Crippen molar-refractivity contribution in [2.24, 2.45) is 0 Å². The molecule has 3 N–H and O–H groups in total. The maximum atomic E-state index is 12.2. The van der Waals surface area contributed by atoms with Crippen molar-refractivity contribution in [3.63, 3.8) is 0 Å². The van der Waals surface area contributed by atoms with Gasteiger partial charge in [0.15, 0.2) is 0 Å². The summed E-state index contributed by atoms with van der Waals surface area (Å²) in [6, 6.07) is 7.44. The third-order valence-corrected chi connectivity index (χ3v) is 3.39. The molecule has 1 aliphatic heterocycles. The van der Waals surface area contributed by atoms with Gasteiger partial charge in [0.05, 0.1) is 0 Å². The maximum Gasteiger partial charge on any atom is 0.324 e. The lowest BCUT2D eigenvalue weighted by Crippen LogP contribution is -2.32. The summed E-state index contributed by atoms with van der Waals surface area (Å²) < 4.78 is 0. The lowest BCUT2D eigenvalue weighted by Gasteiger charge is -2.18. The summed E-state index contributed by atoms with van der Waals surface area (Å²) >= 11 is 0. The van der Waals surface area contributed by atoms with Crippen LogP contribution in [0, 0.1) is 0 Å². The average molecular weight is 263 g/mol. The molecule has 0 radical (unpaired) electrons. The number of nitrogen functional groups attached to an aromatic ring is 1. The van der Waals surface area contributed by atoms with Gasteiger partial charge in [-0.1, -0.05) is 0 Å². The Morgan fingerprint density at radius 2 is 1.84 bits per heavy atom. The molecule has 2 amide bonds. The van der Waals surface area contributed by atoms with Gasteiger partial charge in [-0.25, -0.2) is 4.79 Å². The van der Waals surface area contributed by atoms with Crippen LogP contribution in [0.1, 0.15) is 19.3 Å². The second-order valence-electron chi connectivity index (χ2n) is 4.80. The minimum absolute atomic E-state index is 0.0637. The van der Waals surface area contributed by atoms with E-state index in [1.54, 1.807) is 4.90 Å². The number of benzene rings is 1.